The first kappa shape index (κ1) is 23.1. The van der Waals surface area contributed by atoms with E-state index in [1.807, 2.05) is 23.6 Å². The van der Waals surface area contributed by atoms with Gasteiger partial charge in [0.2, 0.25) is 11.9 Å². The number of carbonyl (C=O) groups is 1. The van der Waals surface area contributed by atoms with Gasteiger partial charge in [-0.25, -0.2) is 4.39 Å². The number of anilines is 3. The van der Waals surface area contributed by atoms with Crippen LogP contribution in [0.2, 0.25) is 0 Å². The molecule has 8 nitrogen and oxygen atoms in total. The van der Waals surface area contributed by atoms with Crippen molar-refractivity contribution >= 4 is 35.6 Å². The number of nitrogens with one attached hydrogen (secondary N) is 1. The number of nitrogens with zero attached hydrogens (tertiary/aromatic N) is 4. The summed E-state index contributed by atoms with van der Waals surface area (Å²) >= 11 is 0. The van der Waals surface area contributed by atoms with Gasteiger partial charge in [0, 0.05) is 38.6 Å². The molecule has 0 fully saturated rings. The molecule has 3 rings (SSSR count). The smallest absolute Gasteiger partial charge is 0.250 e. The van der Waals surface area contributed by atoms with Gasteiger partial charge in [-0.05, 0) is 36.4 Å². The summed E-state index contributed by atoms with van der Waals surface area (Å²) in [6.07, 6.45) is 0. The van der Waals surface area contributed by atoms with E-state index in [2.05, 4.69) is 15.5 Å². The molecule has 0 aliphatic rings. The van der Waals surface area contributed by atoms with E-state index < -0.39 is 0 Å². The highest BCUT2D eigenvalue weighted by Gasteiger charge is 2.19. The molecular weight excluding hydrogens is 413 g/mol. The van der Waals surface area contributed by atoms with Gasteiger partial charge in [-0.1, -0.05) is 0 Å². The maximum absolute atomic E-state index is 13.2. The minimum atomic E-state index is -0.303. The Bertz CT molecular complexity index is 1010. The third-order valence-corrected chi connectivity index (χ3v) is 4.37. The van der Waals surface area contributed by atoms with Gasteiger partial charge in [-0.3, -0.25) is 9.36 Å². The number of amides is 1. The molecule has 0 aliphatic carbocycles. The summed E-state index contributed by atoms with van der Waals surface area (Å²) in [4.78, 5) is 13.5. The van der Waals surface area contributed by atoms with E-state index in [0.717, 1.165) is 5.69 Å². The van der Waals surface area contributed by atoms with Crippen LogP contribution in [0.15, 0.2) is 42.5 Å². The molecule has 0 radical (unpaired) electrons. The maximum Gasteiger partial charge on any atom is 0.250 e. The molecule has 0 bridgehead atoms. The van der Waals surface area contributed by atoms with Crippen molar-refractivity contribution in [1.29, 1.82) is 0 Å². The quantitative estimate of drug-likeness (QED) is 0.612. The first-order valence-electron chi connectivity index (χ1n) is 8.80. The van der Waals surface area contributed by atoms with Gasteiger partial charge in [-0.2, -0.15) is 0 Å². The fraction of sp³-hybridized carbons (Fsp3) is 0.250. The van der Waals surface area contributed by atoms with E-state index >= 15 is 0 Å². The molecule has 30 heavy (non-hydrogen) atoms. The molecule has 0 saturated carbocycles. The van der Waals surface area contributed by atoms with Gasteiger partial charge in [0.1, 0.15) is 18.2 Å². The number of benzene rings is 2. The van der Waals surface area contributed by atoms with Crippen LogP contribution >= 0.6 is 12.4 Å². The topological polar surface area (TPSA) is 81.5 Å². The fourth-order valence-electron chi connectivity index (χ4n) is 2.91. The molecular formula is C20H23ClFN5O3. The minimum absolute atomic E-state index is 0. The number of hydrogen-bond donors (Lipinski definition) is 1. The van der Waals surface area contributed by atoms with E-state index in [1.165, 1.54) is 19.2 Å². The van der Waals surface area contributed by atoms with Crippen LogP contribution < -0.4 is 15.0 Å². The van der Waals surface area contributed by atoms with Gasteiger partial charge in [-0.15, -0.1) is 22.6 Å². The average Bonchev–Trinajstić information content (AvgIpc) is 3.09. The van der Waals surface area contributed by atoms with Crippen LogP contribution in [0.5, 0.6) is 5.75 Å². The van der Waals surface area contributed by atoms with Crippen molar-refractivity contribution in [3.8, 4) is 17.1 Å². The molecule has 0 aliphatic heterocycles. The van der Waals surface area contributed by atoms with Crippen molar-refractivity contribution in [2.24, 2.45) is 7.05 Å². The largest absolute Gasteiger partial charge is 0.496 e. The van der Waals surface area contributed by atoms with Gasteiger partial charge < -0.3 is 19.7 Å². The second-order valence-corrected chi connectivity index (χ2v) is 6.31. The maximum atomic E-state index is 13.2. The molecule has 3 aromatic rings. The zero-order valence-electron chi connectivity index (χ0n) is 17.0. The van der Waals surface area contributed by atoms with Gasteiger partial charge in [0.25, 0.3) is 0 Å². The lowest BCUT2D eigenvalue weighted by Gasteiger charge is -2.18. The molecule has 0 unspecified atom stereocenters. The molecule has 10 heteroatoms. The Hall–Kier alpha value is -3.17. The fourth-order valence-corrected chi connectivity index (χ4v) is 2.91. The summed E-state index contributed by atoms with van der Waals surface area (Å²) in [6, 6.07) is 11.4. The van der Waals surface area contributed by atoms with E-state index in [1.54, 1.807) is 37.4 Å². The van der Waals surface area contributed by atoms with Crippen molar-refractivity contribution in [2.75, 3.05) is 38.1 Å². The predicted octanol–water partition coefficient (Wildman–Crippen LogP) is 3.40. The zero-order chi connectivity index (χ0) is 21.0. The monoisotopic (exact) mass is 435 g/mol. The summed E-state index contributed by atoms with van der Waals surface area (Å²) in [7, 11) is 6.66. The van der Waals surface area contributed by atoms with Crippen LogP contribution in [0.25, 0.3) is 11.4 Å². The molecule has 0 atom stereocenters. The summed E-state index contributed by atoms with van der Waals surface area (Å²) in [5.74, 6) is 1.13. The highest BCUT2D eigenvalue weighted by Crippen LogP contribution is 2.33. The van der Waals surface area contributed by atoms with Crippen molar-refractivity contribution in [3.05, 3.63) is 48.3 Å². The van der Waals surface area contributed by atoms with Crippen LogP contribution in [0, 0.1) is 5.82 Å². The number of rotatable bonds is 7. The number of carbonyl (C=O) groups excluding carboxylic acids is 1. The molecule has 2 aromatic carbocycles. The Balaban J connectivity index is 0.00000320. The second kappa shape index (κ2) is 10.0. The Morgan fingerprint density at radius 2 is 1.87 bits per heavy atom. The molecule has 1 heterocycles. The number of hydrogen-bond acceptors (Lipinski definition) is 6. The van der Waals surface area contributed by atoms with Gasteiger partial charge in [0.15, 0.2) is 5.82 Å². The third kappa shape index (κ3) is 4.87. The number of halogens is 2. The highest BCUT2D eigenvalue weighted by atomic mass is 35.5. The first-order valence-corrected chi connectivity index (χ1v) is 8.80. The first-order chi connectivity index (χ1) is 13.9. The van der Waals surface area contributed by atoms with Crippen molar-refractivity contribution in [3.63, 3.8) is 0 Å². The summed E-state index contributed by atoms with van der Waals surface area (Å²) in [5, 5.41) is 11.3. The van der Waals surface area contributed by atoms with Crippen LogP contribution in [0.1, 0.15) is 0 Å². The standard InChI is InChI=1S/C20H22FN5O3.ClH/c1-25(15-8-5-13(21)6-9-15)20-24-23-19(26(20)2)16-10-7-14(11-17(16)29-4)22-18(27)12-28-3;/h5-11H,12H2,1-4H3,(H,22,27);1H. The summed E-state index contributed by atoms with van der Waals surface area (Å²) < 4.78 is 25.3. The Morgan fingerprint density at radius 3 is 2.50 bits per heavy atom. The van der Waals surface area contributed by atoms with Crippen LogP contribution in [-0.4, -0.2) is 48.5 Å². The average molecular weight is 436 g/mol. The lowest BCUT2D eigenvalue weighted by molar-refractivity contribution is -0.119. The van der Waals surface area contributed by atoms with Crippen LogP contribution in [-0.2, 0) is 16.6 Å². The number of aromatic nitrogens is 3. The second-order valence-electron chi connectivity index (χ2n) is 6.31. The molecule has 160 valence electrons. The molecule has 1 aromatic heterocycles. The lowest BCUT2D eigenvalue weighted by Crippen LogP contribution is -2.17. The van der Waals surface area contributed by atoms with Crippen LogP contribution in [0.3, 0.4) is 0 Å². The molecule has 0 spiro atoms. The van der Waals surface area contributed by atoms with Crippen molar-refractivity contribution in [2.45, 2.75) is 0 Å². The van der Waals surface area contributed by atoms with E-state index in [-0.39, 0.29) is 30.7 Å². The van der Waals surface area contributed by atoms with E-state index in [9.17, 15) is 9.18 Å². The number of methoxy groups -OCH3 is 2. The highest BCUT2D eigenvalue weighted by molar-refractivity contribution is 5.92. The zero-order valence-corrected chi connectivity index (χ0v) is 17.9. The Labute approximate surface area is 180 Å². The lowest BCUT2D eigenvalue weighted by atomic mass is 10.1. The van der Waals surface area contributed by atoms with Crippen molar-refractivity contribution < 1.29 is 18.7 Å². The number of ether oxygens (including phenoxy) is 2. The molecule has 1 amide bonds. The van der Waals surface area contributed by atoms with Crippen molar-refractivity contribution in [1.82, 2.24) is 14.8 Å². The third-order valence-electron chi connectivity index (χ3n) is 4.37. The minimum Gasteiger partial charge on any atom is -0.496 e. The van der Waals surface area contributed by atoms with E-state index in [4.69, 9.17) is 9.47 Å². The summed E-state index contributed by atoms with van der Waals surface area (Å²) in [6.45, 7) is -0.0353. The normalized spacial score (nSPS) is 10.3. The Kier molecular flexibility index (Phi) is 7.73. The SMILES string of the molecule is COCC(=O)Nc1ccc(-c2nnc(N(C)c3ccc(F)cc3)n2C)c(OC)c1.Cl. The van der Waals surface area contributed by atoms with E-state index in [0.29, 0.717) is 28.8 Å². The molecule has 1 N–H and O–H groups in total. The summed E-state index contributed by atoms with van der Waals surface area (Å²) in [5.41, 5.74) is 2.07. The molecule has 0 saturated heterocycles. The predicted molar refractivity (Wildman–Crippen MR) is 115 cm³/mol. The Morgan fingerprint density at radius 1 is 1.17 bits per heavy atom. The van der Waals surface area contributed by atoms with Gasteiger partial charge >= 0.3 is 0 Å². The van der Waals surface area contributed by atoms with Gasteiger partial charge in [0.05, 0.1) is 12.7 Å². The van der Waals surface area contributed by atoms with Crippen LogP contribution in [0.4, 0.5) is 21.7 Å².